The Hall–Kier alpha value is -3.21. The van der Waals surface area contributed by atoms with E-state index in [0.717, 1.165) is 55.9 Å². The van der Waals surface area contributed by atoms with E-state index in [-0.39, 0.29) is 10.8 Å². The van der Waals surface area contributed by atoms with E-state index in [2.05, 4.69) is 63.6 Å². The topological polar surface area (TPSA) is 65.0 Å². The van der Waals surface area contributed by atoms with Crippen LogP contribution in [0.5, 0.6) is 0 Å². The molecule has 0 atom stereocenters. The molecule has 0 spiro atoms. The molecule has 0 unspecified atom stereocenters. The number of para-hydroxylation sites is 1. The Bertz CT molecular complexity index is 1410. The van der Waals surface area contributed by atoms with Crippen LogP contribution in [0.1, 0.15) is 53.1 Å². The zero-order valence-electron chi connectivity index (χ0n) is 18.2. The molecule has 152 valence electrons. The zero-order valence-corrected chi connectivity index (χ0v) is 18.2. The monoisotopic (exact) mass is 399 g/mol. The second-order valence-corrected chi connectivity index (χ2v) is 9.91. The van der Waals surface area contributed by atoms with E-state index in [4.69, 9.17) is 13.8 Å². The zero-order chi connectivity index (χ0) is 21.3. The number of aromatic nitrogens is 3. The van der Waals surface area contributed by atoms with Crippen molar-refractivity contribution in [3.63, 3.8) is 0 Å². The quantitative estimate of drug-likeness (QED) is 0.311. The van der Waals surface area contributed by atoms with Crippen molar-refractivity contribution in [2.75, 3.05) is 0 Å². The molecule has 0 radical (unpaired) electrons. The number of fused-ring (bicyclic) bond motifs is 4. The van der Waals surface area contributed by atoms with Gasteiger partial charge in [-0.3, -0.25) is 0 Å². The fraction of sp³-hybridized carbons (Fsp3) is 0.320. The van der Waals surface area contributed by atoms with Crippen molar-refractivity contribution >= 4 is 33.0 Å². The second kappa shape index (κ2) is 6.14. The summed E-state index contributed by atoms with van der Waals surface area (Å²) in [7, 11) is 0. The standard InChI is InChI=1S/C25H25N3O2/c1-24(2,3)21-11-17(26-13-27-21)15-9-7-8-14-16-10-18-20(12-19(16)29-22(14)15)30-23(28-18)25(4,5)6/h7-13H,1-6H3. The van der Waals surface area contributed by atoms with E-state index in [0.29, 0.717) is 0 Å². The average Bonchev–Trinajstić information content (AvgIpc) is 3.26. The summed E-state index contributed by atoms with van der Waals surface area (Å²) in [5.41, 5.74) is 5.79. The molecule has 3 heterocycles. The summed E-state index contributed by atoms with van der Waals surface area (Å²) in [6.07, 6.45) is 1.63. The molecule has 30 heavy (non-hydrogen) atoms. The van der Waals surface area contributed by atoms with Gasteiger partial charge in [-0.15, -0.1) is 0 Å². The van der Waals surface area contributed by atoms with Gasteiger partial charge in [-0.2, -0.15) is 0 Å². The summed E-state index contributed by atoms with van der Waals surface area (Å²) in [6, 6.07) is 12.2. The minimum Gasteiger partial charge on any atom is -0.455 e. The maximum atomic E-state index is 6.32. The smallest absolute Gasteiger partial charge is 0.200 e. The van der Waals surface area contributed by atoms with Crippen LogP contribution < -0.4 is 0 Å². The van der Waals surface area contributed by atoms with Gasteiger partial charge in [0, 0.05) is 38.9 Å². The Balaban J connectivity index is 1.73. The number of benzene rings is 2. The third kappa shape index (κ3) is 2.96. The number of rotatable bonds is 1. The Morgan fingerprint density at radius 1 is 0.767 bits per heavy atom. The summed E-state index contributed by atoms with van der Waals surface area (Å²) in [5.74, 6) is 0.728. The fourth-order valence-electron chi connectivity index (χ4n) is 3.66. The van der Waals surface area contributed by atoms with E-state index in [1.165, 1.54) is 0 Å². The van der Waals surface area contributed by atoms with E-state index in [1.807, 2.05) is 24.3 Å². The minimum atomic E-state index is -0.146. The lowest BCUT2D eigenvalue weighted by atomic mass is 9.91. The van der Waals surface area contributed by atoms with Crippen LogP contribution in [0.25, 0.3) is 44.3 Å². The summed E-state index contributed by atoms with van der Waals surface area (Å²) in [5, 5.41) is 2.07. The van der Waals surface area contributed by atoms with Crippen molar-refractivity contribution in [3.05, 3.63) is 54.3 Å². The van der Waals surface area contributed by atoms with E-state index in [1.54, 1.807) is 6.33 Å². The summed E-state index contributed by atoms with van der Waals surface area (Å²) in [4.78, 5) is 13.7. The summed E-state index contributed by atoms with van der Waals surface area (Å²) < 4.78 is 12.3. The first-order valence-corrected chi connectivity index (χ1v) is 10.2. The Morgan fingerprint density at radius 3 is 2.30 bits per heavy atom. The first-order valence-electron chi connectivity index (χ1n) is 10.2. The molecule has 0 aliphatic rings. The number of nitrogens with zero attached hydrogens (tertiary/aromatic N) is 3. The van der Waals surface area contributed by atoms with E-state index < -0.39 is 0 Å². The lowest BCUT2D eigenvalue weighted by molar-refractivity contribution is 0.411. The first-order chi connectivity index (χ1) is 14.1. The number of hydrogen-bond acceptors (Lipinski definition) is 5. The molecule has 0 fully saturated rings. The number of hydrogen-bond donors (Lipinski definition) is 0. The van der Waals surface area contributed by atoms with Crippen LogP contribution in [0.2, 0.25) is 0 Å². The van der Waals surface area contributed by atoms with E-state index >= 15 is 0 Å². The maximum absolute atomic E-state index is 6.32. The third-order valence-electron chi connectivity index (χ3n) is 5.36. The molecular formula is C25H25N3O2. The molecule has 0 saturated heterocycles. The second-order valence-electron chi connectivity index (χ2n) is 9.91. The van der Waals surface area contributed by atoms with Crippen molar-refractivity contribution in [3.8, 4) is 11.3 Å². The average molecular weight is 399 g/mol. The summed E-state index contributed by atoms with van der Waals surface area (Å²) in [6.45, 7) is 12.7. The Morgan fingerprint density at radius 2 is 1.57 bits per heavy atom. The van der Waals surface area contributed by atoms with E-state index in [9.17, 15) is 0 Å². The first kappa shape index (κ1) is 18.8. The van der Waals surface area contributed by atoms with Gasteiger partial charge in [0.2, 0.25) is 5.89 Å². The van der Waals surface area contributed by atoms with Gasteiger partial charge in [0.15, 0.2) is 5.58 Å². The van der Waals surface area contributed by atoms with Crippen LogP contribution in [-0.4, -0.2) is 15.0 Å². The lowest BCUT2D eigenvalue weighted by Gasteiger charge is -2.17. The molecule has 5 rings (SSSR count). The summed E-state index contributed by atoms with van der Waals surface area (Å²) >= 11 is 0. The molecule has 5 nitrogen and oxygen atoms in total. The van der Waals surface area contributed by atoms with Crippen molar-refractivity contribution in [1.29, 1.82) is 0 Å². The molecule has 5 aromatic rings. The highest BCUT2D eigenvalue weighted by Gasteiger charge is 2.23. The SMILES string of the molecule is CC(C)(C)c1cc(-c2cccc3c2oc2cc4oc(C(C)(C)C)nc4cc23)ncn1. The molecule has 3 aromatic heterocycles. The number of furan rings is 1. The van der Waals surface area contributed by atoms with Gasteiger partial charge in [-0.25, -0.2) is 15.0 Å². The molecule has 5 heteroatoms. The van der Waals surface area contributed by atoms with Gasteiger partial charge in [0.25, 0.3) is 0 Å². The fourth-order valence-corrected chi connectivity index (χ4v) is 3.66. The highest BCUT2D eigenvalue weighted by atomic mass is 16.4. The van der Waals surface area contributed by atoms with Crippen LogP contribution in [0, 0.1) is 0 Å². The van der Waals surface area contributed by atoms with Crippen LogP contribution >= 0.6 is 0 Å². The van der Waals surface area contributed by atoms with Crippen LogP contribution in [0.4, 0.5) is 0 Å². The predicted molar refractivity (Wildman–Crippen MR) is 120 cm³/mol. The van der Waals surface area contributed by atoms with Gasteiger partial charge in [-0.05, 0) is 18.2 Å². The molecule has 2 aromatic carbocycles. The lowest BCUT2D eigenvalue weighted by Crippen LogP contribution is -2.13. The van der Waals surface area contributed by atoms with Crippen molar-refractivity contribution in [1.82, 2.24) is 15.0 Å². The van der Waals surface area contributed by atoms with Gasteiger partial charge in [-0.1, -0.05) is 53.7 Å². The molecule has 0 bridgehead atoms. The molecule has 0 N–H and O–H groups in total. The van der Waals surface area contributed by atoms with Gasteiger partial charge in [0.1, 0.15) is 23.0 Å². The largest absolute Gasteiger partial charge is 0.455 e. The van der Waals surface area contributed by atoms with Crippen LogP contribution in [0.3, 0.4) is 0 Å². The third-order valence-corrected chi connectivity index (χ3v) is 5.36. The molecular weight excluding hydrogens is 374 g/mol. The molecule has 0 aliphatic carbocycles. The van der Waals surface area contributed by atoms with Crippen LogP contribution in [-0.2, 0) is 10.8 Å². The highest BCUT2D eigenvalue weighted by molar-refractivity contribution is 6.12. The minimum absolute atomic E-state index is 0.0552. The van der Waals surface area contributed by atoms with Gasteiger partial charge < -0.3 is 8.83 Å². The van der Waals surface area contributed by atoms with Gasteiger partial charge >= 0.3 is 0 Å². The normalized spacial score (nSPS) is 13.0. The van der Waals surface area contributed by atoms with Crippen molar-refractivity contribution in [2.24, 2.45) is 0 Å². The molecule has 0 aliphatic heterocycles. The van der Waals surface area contributed by atoms with Crippen molar-refractivity contribution < 1.29 is 8.83 Å². The van der Waals surface area contributed by atoms with Crippen molar-refractivity contribution in [2.45, 2.75) is 52.4 Å². The predicted octanol–water partition coefficient (Wildman–Crippen LogP) is 6.78. The number of oxazole rings is 1. The molecule has 0 saturated carbocycles. The van der Waals surface area contributed by atoms with Gasteiger partial charge in [0.05, 0.1) is 5.69 Å². The van der Waals surface area contributed by atoms with Crippen LogP contribution in [0.15, 0.2) is 51.6 Å². The highest BCUT2D eigenvalue weighted by Crippen LogP contribution is 2.38. The Kier molecular flexibility index (Phi) is 3.85. The maximum Gasteiger partial charge on any atom is 0.200 e. The molecule has 0 amide bonds. The Labute approximate surface area is 175 Å².